The van der Waals surface area contributed by atoms with Gasteiger partial charge < -0.3 is 4.57 Å². The second-order valence-corrected chi connectivity index (χ2v) is 9.72. The summed E-state index contributed by atoms with van der Waals surface area (Å²) in [6.07, 6.45) is 2.42. The van der Waals surface area contributed by atoms with E-state index in [-0.39, 0.29) is 5.91 Å². The van der Waals surface area contributed by atoms with E-state index in [1.165, 1.54) is 31.1 Å². The zero-order chi connectivity index (χ0) is 21.4. The Morgan fingerprint density at radius 1 is 1.33 bits per heavy atom. The number of aryl methyl sites for hydroxylation is 2. The summed E-state index contributed by atoms with van der Waals surface area (Å²) in [5.41, 5.74) is 3.62. The van der Waals surface area contributed by atoms with E-state index in [1.807, 2.05) is 31.4 Å². The predicted octanol–water partition coefficient (Wildman–Crippen LogP) is 5.88. The fraction of sp³-hybridized carbons (Fsp3) is 0.429. The lowest BCUT2D eigenvalue weighted by molar-refractivity contribution is -0.115. The largest absolute Gasteiger partial charge is 0.306 e. The number of hydrogen-bond donors (Lipinski definition) is 0. The van der Waals surface area contributed by atoms with Gasteiger partial charge in [0.2, 0.25) is 5.91 Å². The highest BCUT2D eigenvalue weighted by atomic mass is 35.5. The topological polar surface area (TPSA) is 63.9 Å². The zero-order valence-electron chi connectivity index (χ0n) is 17.5. The molecule has 0 bridgehead atoms. The van der Waals surface area contributed by atoms with Crippen LogP contribution in [-0.4, -0.2) is 25.7 Å². The zero-order valence-corrected chi connectivity index (χ0v) is 19.9. The summed E-state index contributed by atoms with van der Waals surface area (Å²) in [4.78, 5) is 18.8. The quantitative estimate of drug-likeness (QED) is 0.411. The first-order valence-electron chi connectivity index (χ1n) is 9.96. The summed E-state index contributed by atoms with van der Waals surface area (Å²) in [6.45, 7) is 8.48. The van der Waals surface area contributed by atoms with Crippen molar-refractivity contribution in [1.82, 2.24) is 19.7 Å². The van der Waals surface area contributed by atoms with E-state index in [2.05, 4.69) is 21.7 Å². The first kappa shape index (κ1) is 21.3. The van der Waals surface area contributed by atoms with Crippen molar-refractivity contribution >= 4 is 51.4 Å². The molecule has 0 saturated heterocycles. The molecule has 30 heavy (non-hydrogen) atoms. The molecule has 0 unspecified atom stereocenters. The maximum absolute atomic E-state index is 12.5. The molecule has 158 valence electrons. The van der Waals surface area contributed by atoms with Crippen molar-refractivity contribution in [2.45, 2.75) is 63.9 Å². The van der Waals surface area contributed by atoms with Crippen molar-refractivity contribution in [1.29, 1.82) is 0 Å². The molecule has 6 nitrogen and oxygen atoms in total. The number of carbonyl (C=O) groups is 1. The number of aromatic nitrogens is 4. The summed E-state index contributed by atoms with van der Waals surface area (Å²) < 4.78 is 2.20. The van der Waals surface area contributed by atoms with E-state index in [0.29, 0.717) is 27.5 Å². The van der Waals surface area contributed by atoms with E-state index in [9.17, 15) is 4.79 Å². The third kappa shape index (κ3) is 4.26. The first-order valence-corrected chi connectivity index (χ1v) is 12.2. The second-order valence-electron chi connectivity index (χ2n) is 7.54. The number of amides is 1. The Balaban J connectivity index is 1.55. The fourth-order valence-electron chi connectivity index (χ4n) is 3.53. The number of thiazole rings is 1. The van der Waals surface area contributed by atoms with Gasteiger partial charge in [-0.3, -0.25) is 9.69 Å². The molecule has 1 aliphatic carbocycles. The van der Waals surface area contributed by atoms with Crippen molar-refractivity contribution in [2.75, 3.05) is 4.90 Å². The molecule has 1 aromatic carbocycles. The van der Waals surface area contributed by atoms with Crippen LogP contribution < -0.4 is 4.90 Å². The molecule has 2 aromatic heterocycles. The number of hydrogen-bond acceptors (Lipinski definition) is 6. The van der Waals surface area contributed by atoms with Gasteiger partial charge in [0.25, 0.3) is 0 Å². The minimum Gasteiger partial charge on any atom is -0.306 e. The van der Waals surface area contributed by atoms with Gasteiger partial charge in [0.1, 0.15) is 5.82 Å². The minimum atomic E-state index is -0.114. The normalized spacial score (nSPS) is 13.6. The molecule has 2 heterocycles. The predicted molar refractivity (Wildman–Crippen MR) is 123 cm³/mol. The summed E-state index contributed by atoms with van der Waals surface area (Å²) in [5.74, 6) is 2.23. The molecule has 1 fully saturated rings. The van der Waals surface area contributed by atoms with Crippen molar-refractivity contribution in [3.63, 3.8) is 0 Å². The number of carbonyl (C=O) groups excluding carboxylic acids is 1. The second kappa shape index (κ2) is 8.69. The van der Waals surface area contributed by atoms with Gasteiger partial charge in [-0.25, -0.2) is 4.98 Å². The highest BCUT2D eigenvalue weighted by Crippen LogP contribution is 2.41. The van der Waals surface area contributed by atoms with Crippen LogP contribution in [0.4, 0.5) is 10.8 Å². The molecule has 0 atom stereocenters. The van der Waals surface area contributed by atoms with Crippen LogP contribution in [0.3, 0.4) is 0 Å². The van der Waals surface area contributed by atoms with Gasteiger partial charge in [0.05, 0.1) is 16.4 Å². The van der Waals surface area contributed by atoms with Gasteiger partial charge in [0, 0.05) is 30.5 Å². The molecule has 3 aromatic rings. The Labute approximate surface area is 189 Å². The molecule has 4 rings (SSSR count). The Kier molecular flexibility index (Phi) is 6.18. The van der Waals surface area contributed by atoms with Crippen LogP contribution in [0.15, 0.2) is 22.7 Å². The molecule has 0 aliphatic heterocycles. The Hall–Kier alpha value is -1.90. The summed E-state index contributed by atoms with van der Waals surface area (Å²) in [5, 5.41) is 12.9. The van der Waals surface area contributed by atoms with Gasteiger partial charge in [-0.2, -0.15) is 0 Å². The SMILES string of the molecule is CCn1c(SCc2csc(N(C(C)=O)c3c(C)cc(C)cc3Cl)n2)nnc1C1CC1. The molecule has 1 saturated carbocycles. The van der Waals surface area contributed by atoms with Gasteiger partial charge in [0.15, 0.2) is 10.3 Å². The van der Waals surface area contributed by atoms with Crippen molar-refractivity contribution in [3.05, 3.63) is 45.2 Å². The van der Waals surface area contributed by atoms with E-state index in [4.69, 9.17) is 16.6 Å². The van der Waals surface area contributed by atoms with Gasteiger partial charge in [-0.15, -0.1) is 21.5 Å². The Bertz CT molecular complexity index is 1070. The molecular weight excluding hydrogens is 438 g/mol. The number of benzene rings is 1. The number of rotatable bonds is 7. The van der Waals surface area contributed by atoms with Crippen LogP contribution in [0.5, 0.6) is 0 Å². The minimum absolute atomic E-state index is 0.114. The monoisotopic (exact) mass is 461 g/mol. The third-order valence-corrected chi connectivity index (χ3v) is 7.18. The average Bonchev–Trinajstić information content (AvgIpc) is 3.28. The Morgan fingerprint density at radius 2 is 2.10 bits per heavy atom. The summed E-state index contributed by atoms with van der Waals surface area (Å²) in [6, 6.07) is 3.90. The lowest BCUT2D eigenvalue weighted by Gasteiger charge is -2.22. The Morgan fingerprint density at radius 3 is 2.73 bits per heavy atom. The molecule has 1 amide bonds. The summed E-state index contributed by atoms with van der Waals surface area (Å²) >= 11 is 9.58. The van der Waals surface area contributed by atoms with Crippen LogP contribution in [-0.2, 0) is 17.1 Å². The molecule has 0 spiro atoms. The molecule has 0 N–H and O–H groups in total. The summed E-state index contributed by atoms with van der Waals surface area (Å²) in [7, 11) is 0. The highest BCUT2D eigenvalue weighted by molar-refractivity contribution is 7.98. The number of halogens is 1. The highest BCUT2D eigenvalue weighted by Gasteiger charge is 2.30. The first-order chi connectivity index (χ1) is 14.4. The smallest absolute Gasteiger partial charge is 0.230 e. The van der Waals surface area contributed by atoms with Crippen LogP contribution in [0.25, 0.3) is 0 Å². The van der Waals surface area contributed by atoms with Crippen molar-refractivity contribution in [2.24, 2.45) is 0 Å². The van der Waals surface area contributed by atoms with Gasteiger partial charge >= 0.3 is 0 Å². The average molecular weight is 462 g/mol. The lowest BCUT2D eigenvalue weighted by atomic mass is 10.1. The van der Waals surface area contributed by atoms with Crippen LogP contribution >= 0.6 is 34.7 Å². The maximum atomic E-state index is 12.5. The van der Waals surface area contributed by atoms with E-state index < -0.39 is 0 Å². The molecular formula is C21H24ClN5OS2. The van der Waals surface area contributed by atoms with Crippen LogP contribution in [0.1, 0.15) is 55.3 Å². The van der Waals surface area contributed by atoms with Gasteiger partial charge in [-0.05, 0) is 50.8 Å². The maximum Gasteiger partial charge on any atom is 0.230 e. The van der Waals surface area contributed by atoms with E-state index >= 15 is 0 Å². The molecule has 0 radical (unpaired) electrons. The lowest BCUT2D eigenvalue weighted by Crippen LogP contribution is -2.24. The fourth-order valence-corrected chi connectivity index (χ4v) is 5.82. The van der Waals surface area contributed by atoms with E-state index in [1.54, 1.807) is 16.7 Å². The molecule has 9 heteroatoms. The van der Waals surface area contributed by atoms with E-state index in [0.717, 1.165) is 34.3 Å². The van der Waals surface area contributed by atoms with Crippen LogP contribution in [0, 0.1) is 13.8 Å². The third-order valence-electron chi connectivity index (χ3n) is 5.02. The standard InChI is InChI=1S/C21H24ClN5OS2/c1-5-26-19(15-6-7-15)24-25-21(26)30-11-16-10-29-20(23-16)27(14(4)28)18-13(3)8-12(2)9-17(18)22/h8-10,15H,5-7,11H2,1-4H3. The number of thioether (sulfide) groups is 1. The van der Waals surface area contributed by atoms with Crippen molar-refractivity contribution < 1.29 is 4.79 Å². The van der Waals surface area contributed by atoms with Crippen LogP contribution in [0.2, 0.25) is 5.02 Å². The van der Waals surface area contributed by atoms with Gasteiger partial charge in [-0.1, -0.05) is 29.4 Å². The molecule has 1 aliphatic rings. The number of nitrogens with zero attached hydrogens (tertiary/aromatic N) is 5. The number of anilines is 2. The van der Waals surface area contributed by atoms with Crippen molar-refractivity contribution in [3.8, 4) is 0 Å².